The number of amides is 2. The first-order valence-electron chi connectivity index (χ1n) is 8.43. The van der Waals surface area contributed by atoms with Crippen LogP contribution in [0.4, 0.5) is 11.4 Å². The average molecular weight is 382 g/mol. The maximum atomic E-state index is 12.1. The van der Waals surface area contributed by atoms with Gasteiger partial charge in [0.25, 0.3) is 5.91 Å². The molecule has 0 atom stereocenters. The number of ketones is 1. The van der Waals surface area contributed by atoms with E-state index in [1.165, 1.54) is 17.6 Å². The molecule has 2 aromatic heterocycles. The smallest absolute Gasteiger partial charge is 0.291 e. The van der Waals surface area contributed by atoms with Crippen molar-refractivity contribution >= 4 is 40.3 Å². The van der Waals surface area contributed by atoms with Crippen LogP contribution in [-0.4, -0.2) is 17.6 Å². The van der Waals surface area contributed by atoms with Crippen molar-refractivity contribution in [3.63, 3.8) is 0 Å². The normalized spacial score (nSPS) is 10.4. The van der Waals surface area contributed by atoms with Gasteiger partial charge in [-0.3, -0.25) is 14.4 Å². The molecule has 7 heteroatoms. The maximum absolute atomic E-state index is 12.1. The van der Waals surface area contributed by atoms with Gasteiger partial charge in [0.2, 0.25) is 5.91 Å². The Bertz CT molecular complexity index is 917. The number of hydrogen-bond donors (Lipinski definition) is 2. The summed E-state index contributed by atoms with van der Waals surface area (Å²) in [6.45, 7) is 0. The fraction of sp³-hybridized carbons (Fsp3) is 0.150. The van der Waals surface area contributed by atoms with Gasteiger partial charge >= 0.3 is 0 Å². The van der Waals surface area contributed by atoms with Crippen LogP contribution < -0.4 is 10.6 Å². The van der Waals surface area contributed by atoms with Crippen LogP contribution in [0.15, 0.2) is 64.6 Å². The number of carbonyl (C=O) groups is 3. The quantitative estimate of drug-likeness (QED) is 0.558. The summed E-state index contributed by atoms with van der Waals surface area (Å²) in [7, 11) is 0. The maximum Gasteiger partial charge on any atom is 0.291 e. The topological polar surface area (TPSA) is 88.4 Å². The fourth-order valence-corrected chi connectivity index (χ4v) is 3.16. The number of furan rings is 1. The molecule has 1 aromatic carbocycles. The Morgan fingerprint density at radius 2 is 1.74 bits per heavy atom. The summed E-state index contributed by atoms with van der Waals surface area (Å²) >= 11 is 1.41. The van der Waals surface area contributed by atoms with E-state index in [1.807, 2.05) is 11.4 Å². The molecule has 0 bridgehead atoms. The highest BCUT2D eigenvalue weighted by Crippen LogP contribution is 2.17. The summed E-state index contributed by atoms with van der Waals surface area (Å²) in [6.07, 6.45) is 2.50. The molecule has 0 aliphatic rings. The number of hydrogen-bond acceptors (Lipinski definition) is 5. The number of Topliss-reactive ketones (excluding diaryl/α,β-unsaturated/α-hetero) is 1. The second-order valence-corrected chi connectivity index (χ2v) is 6.76. The second kappa shape index (κ2) is 8.95. The van der Waals surface area contributed by atoms with E-state index in [0.717, 1.165) is 4.88 Å². The van der Waals surface area contributed by atoms with Gasteiger partial charge in [-0.25, -0.2) is 0 Å². The minimum atomic E-state index is -0.365. The summed E-state index contributed by atoms with van der Waals surface area (Å²) in [5.41, 5.74) is 1.11. The fourth-order valence-electron chi connectivity index (χ4n) is 2.47. The van der Waals surface area contributed by atoms with Gasteiger partial charge in [0, 0.05) is 24.2 Å². The summed E-state index contributed by atoms with van der Waals surface area (Å²) in [5, 5.41) is 7.34. The van der Waals surface area contributed by atoms with E-state index in [1.54, 1.807) is 42.5 Å². The van der Waals surface area contributed by atoms with Crippen LogP contribution in [0.5, 0.6) is 0 Å². The molecule has 3 rings (SSSR count). The third-order valence-electron chi connectivity index (χ3n) is 3.75. The molecule has 2 heterocycles. The molecule has 0 radical (unpaired) electrons. The first kappa shape index (κ1) is 18.6. The lowest BCUT2D eigenvalue weighted by atomic mass is 10.1. The molecule has 0 spiro atoms. The van der Waals surface area contributed by atoms with Crippen LogP contribution in [-0.2, 0) is 4.79 Å². The van der Waals surface area contributed by atoms with E-state index in [2.05, 4.69) is 10.6 Å². The molecule has 2 N–H and O–H groups in total. The predicted octanol–water partition coefficient (Wildman–Crippen LogP) is 4.59. The average Bonchev–Trinajstić information content (AvgIpc) is 3.36. The Hall–Kier alpha value is -3.19. The molecule has 2 amide bonds. The van der Waals surface area contributed by atoms with E-state index >= 15 is 0 Å². The number of thiophene rings is 1. The predicted molar refractivity (Wildman–Crippen MR) is 104 cm³/mol. The molecule has 3 aromatic rings. The standard InChI is InChI=1S/C20H18N2O4S/c23-16(18-9-4-12-27-18)7-2-10-19(24)21-14-5-1-6-15(13-14)22-20(25)17-8-3-11-26-17/h1,3-6,8-9,11-13H,2,7,10H2,(H,21,24)(H,22,25). The van der Waals surface area contributed by atoms with Gasteiger partial charge < -0.3 is 15.1 Å². The summed E-state index contributed by atoms with van der Waals surface area (Å²) in [5.74, 6) is -0.278. The Morgan fingerprint density at radius 3 is 2.44 bits per heavy atom. The van der Waals surface area contributed by atoms with Crippen molar-refractivity contribution in [2.45, 2.75) is 19.3 Å². The summed E-state index contributed by atoms with van der Waals surface area (Å²) < 4.78 is 5.04. The molecule has 0 saturated carbocycles. The molecule has 0 aliphatic heterocycles. The lowest BCUT2D eigenvalue weighted by Gasteiger charge is -2.08. The van der Waals surface area contributed by atoms with Gasteiger partial charge in [0.05, 0.1) is 11.1 Å². The SMILES string of the molecule is O=C(CCCC(=O)c1cccs1)Nc1cccc(NC(=O)c2ccco2)c1. The first-order chi connectivity index (χ1) is 13.1. The van der Waals surface area contributed by atoms with Crippen molar-refractivity contribution in [3.8, 4) is 0 Å². The minimum absolute atomic E-state index is 0.0560. The third kappa shape index (κ3) is 5.39. The highest BCUT2D eigenvalue weighted by Gasteiger charge is 2.11. The molecular weight excluding hydrogens is 364 g/mol. The Balaban J connectivity index is 1.48. The Labute approximate surface area is 160 Å². The highest BCUT2D eigenvalue weighted by atomic mass is 32.1. The van der Waals surface area contributed by atoms with Crippen LogP contribution in [0.1, 0.15) is 39.5 Å². The van der Waals surface area contributed by atoms with Gasteiger partial charge in [-0.05, 0) is 48.2 Å². The summed E-state index contributed by atoms with van der Waals surface area (Å²) in [4.78, 5) is 36.7. The zero-order chi connectivity index (χ0) is 19.1. The molecule has 6 nitrogen and oxygen atoms in total. The van der Waals surface area contributed by atoms with Crippen molar-refractivity contribution in [2.24, 2.45) is 0 Å². The number of nitrogens with one attached hydrogen (secondary N) is 2. The monoisotopic (exact) mass is 382 g/mol. The summed E-state index contributed by atoms with van der Waals surface area (Å²) in [6, 6.07) is 13.7. The van der Waals surface area contributed by atoms with Gasteiger partial charge in [-0.2, -0.15) is 0 Å². The number of rotatable bonds is 8. The first-order valence-corrected chi connectivity index (χ1v) is 9.31. The van der Waals surface area contributed by atoms with Crippen molar-refractivity contribution < 1.29 is 18.8 Å². The molecule has 27 heavy (non-hydrogen) atoms. The van der Waals surface area contributed by atoms with E-state index < -0.39 is 0 Å². The third-order valence-corrected chi connectivity index (χ3v) is 4.66. The van der Waals surface area contributed by atoms with Crippen molar-refractivity contribution in [3.05, 3.63) is 70.8 Å². The van der Waals surface area contributed by atoms with E-state index in [0.29, 0.717) is 24.2 Å². The molecule has 138 valence electrons. The largest absolute Gasteiger partial charge is 0.459 e. The number of carbonyl (C=O) groups excluding carboxylic acids is 3. The highest BCUT2D eigenvalue weighted by molar-refractivity contribution is 7.12. The van der Waals surface area contributed by atoms with Crippen molar-refractivity contribution in [1.29, 1.82) is 0 Å². The van der Waals surface area contributed by atoms with Crippen molar-refractivity contribution in [2.75, 3.05) is 10.6 Å². The number of anilines is 2. The van der Waals surface area contributed by atoms with Crippen LogP contribution >= 0.6 is 11.3 Å². The van der Waals surface area contributed by atoms with Gasteiger partial charge in [-0.15, -0.1) is 11.3 Å². The zero-order valence-corrected chi connectivity index (χ0v) is 15.3. The van der Waals surface area contributed by atoms with Crippen molar-refractivity contribution in [1.82, 2.24) is 0 Å². The lowest BCUT2D eigenvalue weighted by Crippen LogP contribution is -2.13. The molecular formula is C20H18N2O4S. The van der Waals surface area contributed by atoms with Crippen LogP contribution in [0.25, 0.3) is 0 Å². The minimum Gasteiger partial charge on any atom is -0.459 e. The van der Waals surface area contributed by atoms with Crippen LogP contribution in [0.3, 0.4) is 0 Å². The van der Waals surface area contributed by atoms with E-state index in [4.69, 9.17) is 4.42 Å². The Morgan fingerprint density at radius 1 is 0.926 bits per heavy atom. The molecule has 0 aliphatic carbocycles. The van der Waals surface area contributed by atoms with E-state index in [9.17, 15) is 14.4 Å². The Kier molecular flexibility index (Phi) is 6.17. The van der Waals surface area contributed by atoms with Gasteiger partial charge in [-0.1, -0.05) is 12.1 Å². The molecule has 0 fully saturated rings. The van der Waals surface area contributed by atoms with Gasteiger partial charge in [0.15, 0.2) is 11.5 Å². The number of benzene rings is 1. The van der Waals surface area contributed by atoms with E-state index in [-0.39, 0.29) is 29.8 Å². The van der Waals surface area contributed by atoms with Crippen LogP contribution in [0.2, 0.25) is 0 Å². The molecule has 0 saturated heterocycles. The van der Waals surface area contributed by atoms with Gasteiger partial charge in [0.1, 0.15) is 0 Å². The molecule has 0 unspecified atom stereocenters. The zero-order valence-electron chi connectivity index (χ0n) is 14.4. The lowest BCUT2D eigenvalue weighted by molar-refractivity contribution is -0.116. The second-order valence-electron chi connectivity index (χ2n) is 5.81. The van der Waals surface area contributed by atoms with Crippen LogP contribution in [0, 0.1) is 0 Å².